The van der Waals surface area contributed by atoms with Crippen molar-refractivity contribution < 1.29 is 19.1 Å². The molecule has 1 aliphatic carbocycles. The molecule has 0 radical (unpaired) electrons. The van der Waals surface area contributed by atoms with Gasteiger partial charge in [-0.3, -0.25) is 9.59 Å². The number of carbonyl (C=O) groups is 3. The number of hydrogen-bond acceptors (Lipinski definition) is 4. The highest BCUT2D eigenvalue weighted by atomic mass is 16.6. The van der Waals surface area contributed by atoms with Crippen LogP contribution in [0.25, 0.3) is 5.57 Å². The minimum atomic E-state index is -0.491. The predicted octanol–water partition coefficient (Wildman–Crippen LogP) is 1.89. The number of allylic oxidation sites excluding steroid dienone is 1. The first kappa shape index (κ1) is 17.2. The van der Waals surface area contributed by atoms with Crippen molar-refractivity contribution in [2.75, 3.05) is 32.8 Å². The van der Waals surface area contributed by atoms with Crippen LogP contribution < -0.4 is 0 Å². The summed E-state index contributed by atoms with van der Waals surface area (Å²) in [6, 6.07) is 7.70. The van der Waals surface area contributed by atoms with Crippen LogP contribution in [0.5, 0.6) is 0 Å². The molecule has 0 bridgehead atoms. The van der Waals surface area contributed by atoms with Crippen LogP contribution in [-0.4, -0.2) is 60.4 Å². The topological polar surface area (TPSA) is 66.9 Å². The minimum absolute atomic E-state index is 0.323. The summed E-state index contributed by atoms with van der Waals surface area (Å²) in [5.41, 5.74) is 3.42. The van der Waals surface area contributed by atoms with Crippen LogP contribution in [0.1, 0.15) is 25.0 Å². The molecule has 2 amide bonds. The Bertz CT molecular complexity index is 746. The monoisotopic (exact) mass is 342 g/mol. The van der Waals surface area contributed by atoms with Crippen LogP contribution in [0.3, 0.4) is 0 Å². The Morgan fingerprint density at radius 3 is 2.36 bits per heavy atom. The number of ketones is 1. The van der Waals surface area contributed by atoms with E-state index in [0.717, 1.165) is 16.7 Å². The molecule has 6 nitrogen and oxygen atoms in total. The van der Waals surface area contributed by atoms with Crippen molar-refractivity contribution in [3.8, 4) is 0 Å². The van der Waals surface area contributed by atoms with Gasteiger partial charge in [0.25, 0.3) is 11.7 Å². The van der Waals surface area contributed by atoms with Crippen LogP contribution in [0.2, 0.25) is 0 Å². The molecule has 25 heavy (non-hydrogen) atoms. The van der Waals surface area contributed by atoms with E-state index in [9.17, 15) is 14.4 Å². The van der Waals surface area contributed by atoms with Crippen molar-refractivity contribution in [1.82, 2.24) is 9.80 Å². The van der Waals surface area contributed by atoms with Gasteiger partial charge in [0.05, 0.1) is 6.61 Å². The number of ether oxygens (including phenoxy) is 1. The molecule has 3 rings (SSSR count). The molecule has 132 valence electrons. The average molecular weight is 342 g/mol. The van der Waals surface area contributed by atoms with Crippen LogP contribution in [-0.2, 0) is 20.7 Å². The molecule has 0 N–H and O–H groups in total. The lowest BCUT2D eigenvalue weighted by Crippen LogP contribution is -2.52. The number of Topliss-reactive ketones (excluding diaryl/α,β-unsaturated/α-hetero) is 1. The quantitative estimate of drug-likeness (QED) is 0.787. The summed E-state index contributed by atoms with van der Waals surface area (Å²) in [6.45, 7) is 5.43. The normalized spacial score (nSPS) is 16.7. The SMILES string of the molecule is CCOC(=O)N1CCN(C(=O)C(=O)C2=C(C)Cc3ccccc32)CC1. The summed E-state index contributed by atoms with van der Waals surface area (Å²) in [5.74, 6) is -0.943. The first-order valence-electron chi connectivity index (χ1n) is 8.56. The van der Waals surface area contributed by atoms with E-state index in [4.69, 9.17) is 4.74 Å². The van der Waals surface area contributed by atoms with Gasteiger partial charge in [0, 0.05) is 31.8 Å². The van der Waals surface area contributed by atoms with Gasteiger partial charge >= 0.3 is 6.09 Å². The van der Waals surface area contributed by atoms with E-state index in [2.05, 4.69) is 0 Å². The molecule has 1 saturated heterocycles. The highest BCUT2D eigenvalue weighted by Crippen LogP contribution is 2.33. The van der Waals surface area contributed by atoms with E-state index in [1.165, 1.54) is 4.90 Å². The molecular formula is C19H22N2O4. The summed E-state index contributed by atoms with van der Waals surface area (Å²) in [6.07, 6.45) is 0.338. The largest absolute Gasteiger partial charge is 0.450 e. The average Bonchev–Trinajstić information content (AvgIpc) is 2.96. The predicted molar refractivity (Wildman–Crippen MR) is 92.9 cm³/mol. The Kier molecular flexibility index (Phi) is 4.88. The molecular weight excluding hydrogens is 320 g/mol. The third kappa shape index (κ3) is 3.29. The van der Waals surface area contributed by atoms with Gasteiger partial charge in [0.2, 0.25) is 0 Å². The second kappa shape index (κ2) is 7.09. The van der Waals surface area contributed by atoms with Gasteiger partial charge in [-0.1, -0.05) is 29.8 Å². The molecule has 0 aromatic heterocycles. The Morgan fingerprint density at radius 2 is 1.68 bits per heavy atom. The van der Waals surface area contributed by atoms with Crippen LogP contribution in [0, 0.1) is 0 Å². The number of fused-ring (bicyclic) bond motifs is 1. The molecule has 1 heterocycles. The van der Waals surface area contributed by atoms with Gasteiger partial charge in [-0.15, -0.1) is 0 Å². The summed E-state index contributed by atoms with van der Waals surface area (Å²) in [4.78, 5) is 40.2. The fourth-order valence-electron chi connectivity index (χ4n) is 3.40. The first-order valence-corrected chi connectivity index (χ1v) is 8.56. The lowest BCUT2D eigenvalue weighted by molar-refractivity contribution is -0.142. The standard InChI is InChI=1S/C19H22N2O4/c1-3-25-19(24)21-10-8-20(9-11-21)18(23)17(22)16-13(2)12-14-6-4-5-7-15(14)16/h4-7H,3,8-12H2,1-2H3. The molecule has 0 saturated carbocycles. The summed E-state index contributed by atoms with van der Waals surface area (Å²) < 4.78 is 4.97. The molecule has 0 unspecified atom stereocenters. The molecule has 1 fully saturated rings. The zero-order chi connectivity index (χ0) is 18.0. The Morgan fingerprint density at radius 1 is 1.04 bits per heavy atom. The second-order valence-electron chi connectivity index (χ2n) is 6.30. The number of hydrogen-bond donors (Lipinski definition) is 0. The summed E-state index contributed by atoms with van der Waals surface area (Å²) in [5, 5.41) is 0. The number of benzene rings is 1. The van der Waals surface area contributed by atoms with Crippen molar-refractivity contribution in [3.05, 3.63) is 41.0 Å². The summed E-state index contributed by atoms with van der Waals surface area (Å²) >= 11 is 0. The Hall–Kier alpha value is -2.63. The maximum atomic E-state index is 12.8. The van der Waals surface area contributed by atoms with E-state index in [0.29, 0.717) is 44.8 Å². The first-order chi connectivity index (χ1) is 12.0. The van der Waals surface area contributed by atoms with Crippen molar-refractivity contribution >= 4 is 23.4 Å². The third-order valence-corrected chi connectivity index (χ3v) is 4.68. The molecule has 2 aliphatic rings. The van der Waals surface area contributed by atoms with E-state index < -0.39 is 11.7 Å². The van der Waals surface area contributed by atoms with Crippen LogP contribution in [0.4, 0.5) is 4.79 Å². The minimum Gasteiger partial charge on any atom is -0.450 e. The molecule has 0 spiro atoms. The van der Waals surface area contributed by atoms with Crippen LogP contribution in [0.15, 0.2) is 29.8 Å². The van der Waals surface area contributed by atoms with Gasteiger partial charge in [0.1, 0.15) is 0 Å². The van der Waals surface area contributed by atoms with E-state index in [1.807, 2.05) is 31.2 Å². The summed E-state index contributed by atoms with van der Waals surface area (Å²) in [7, 11) is 0. The second-order valence-corrected chi connectivity index (χ2v) is 6.30. The number of carbonyl (C=O) groups excluding carboxylic acids is 3. The molecule has 1 aliphatic heterocycles. The smallest absolute Gasteiger partial charge is 0.409 e. The molecule has 1 aromatic rings. The van der Waals surface area contributed by atoms with Crippen LogP contribution >= 0.6 is 0 Å². The Labute approximate surface area is 147 Å². The molecule has 0 atom stereocenters. The van der Waals surface area contributed by atoms with E-state index >= 15 is 0 Å². The van der Waals surface area contributed by atoms with Crippen molar-refractivity contribution in [3.63, 3.8) is 0 Å². The molecule has 6 heteroatoms. The van der Waals surface area contributed by atoms with Gasteiger partial charge in [-0.05, 0) is 31.4 Å². The van der Waals surface area contributed by atoms with Crippen molar-refractivity contribution in [2.24, 2.45) is 0 Å². The fraction of sp³-hybridized carbons (Fsp3) is 0.421. The van der Waals surface area contributed by atoms with E-state index in [-0.39, 0.29) is 6.09 Å². The van der Waals surface area contributed by atoms with Crippen molar-refractivity contribution in [1.29, 1.82) is 0 Å². The Balaban J connectivity index is 1.68. The maximum absolute atomic E-state index is 12.8. The lowest BCUT2D eigenvalue weighted by Gasteiger charge is -2.33. The van der Waals surface area contributed by atoms with Gasteiger partial charge in [-0.25, -0.2) is 4.79 Å². The number of piperazine rings is 1. The maximum Gasteiger partial charge on any atom is 0.409 e. The lowest BCUT2D eigenvalue weighted by atomic mass is 10.0. The highest BCUT2D eigenvalue weighted by Gasteiger charge is 2.33. The zero-order valence-electron chi connectivity index (χ0n) is 14.6. The highest BCUT2D eigenvalue weighted by molar-refractivity contribution is 6.54. The van der Waals surface area contributed by atoms with Gasteiger partial charge in [0.15, 0.2) is 0 Å². The number of nitrogens with zero attached hydrogens (tertiary/aromatic N) is 2. The fourth-order valence-corrected chi connectivity index (χ4v) is 3.40. The van der Waals surface area contributed by atoms with Gasteiger partial charge < -0.3 is 14.5 Å². The molecule has 1 aromatic carbocycles. The number of amides is 2. The van der Waals surface area contributed by atoms with Crippen molar-refractivity contribution in [2.45, 2.75) is 20.3 Å². The zero-order valence-corrected chi connectivity index (χ0v) is 14.6. The van der Waals surface area contributed by atoms with E-state index in [1.54, 1.807) is 11.8 Å². The van der Waals surface area contributed by atoms with Gasteiger partial charge in [-0.2, -0.15) is 0 Å². The number of rotatable bonds is 3. The third-order valence-electron chi connectivity index (χ3n) is 4.68.